The molecule has 1 aliphatic rings. The van der Waals surface area contributed by atoms with Crippen LogP contribution in [0, 0.1) is 13.8 Å². The van der Waals surface area contributed by atoms with E-state index < -0.39 is 5.25 Å². The van der Waals surface area contributed by atoms with Crippen LogP contribution in [0.2, 0.25) is 0 Å². The van der Waals surface area contributed by atoms with Crippen molar-refractivity contribution in [1.29, 1.82) is 0 Å². The van der Waals surface area contributed by atoms with Crippen molar-refractivity contribution in [1.82, 2.24) is 4.90 Å². The molecule has 8 heteroatoms. The molecule has 1 N–H and O–H groups in total. The van der Waals surface area contributed by atoms with Crippen LogP contribution in [0.15, 0.2) is 51.9 Å². The zero-order valence-electron chi connectivity index (χ0n) is 17.1. The van der Waals surface area contributed by atoms with Crippen LogP contribution < -0.4 is 5.32 Å². The molecule has 2 aromatic rings. The molecule has 2 amide bonds. The molecule has 0 radical (unpaired) electrons. The number of thioether (sulfide) groups is 1. The number of nitrogens with one attached hydrogen (secondary N) is 1. The van der Waals surface area contributed by atoms with Gasteiger partial charge >= 0.3 is 0 Å². The van der Waals surface area contributed by atoms with E-state index in [0.29, 0.717) is 24.0 Å². The molecule has 1 atom stereocenters. The molecule has 3 rings (SSSR count). The van der Waals surface area contributed by atoms with Crippen molar-refractivity contribution < 1.29 is 14.3 Å². The van der Waals surface area contributed by atoms with Crippen LogP contribution in [0.1, 0.15) is 17.5 Å². The lowest BCUT2D eigenvalue weighted by molar-refractivity contribution is -0.128. The van der Waals surface area contributed by atoms with Gasteiger partial charge in [0.1, 0.15) is 5.25 Å². The number of amidine groups is 1. The Morgan fingerprint density at radius 2 is 1.97 bits per heavy atom. The molecule has 1 saturated heterocycles. The topological polar surface area (TPSA) is 71.0 Å². The first-order valence-corrected chi connectivity index (χ1v) is 11.2. The number of halogens is 1. The van der Waals surface area contributed by atoms with E-state index in [1.165, 1.54) is 11.8 Å². The Labute approximate surface area is 189 Å². The molecule has 0 spiro atoms. The number of rotatable bonds is 7. The number of amides is 2. The molecule has 2 aromatic carbocycles. The number of aliphatic imine (C=N–C) groups is 1. The second-order valence-electron chi connectivity index (χ2n) is 7.03. The maximum Gasteiger partial charge on any atom is 0.242 e. The Kier molecular flexibility index (Phi) is 7.69. The molecule has 0 aliphatic carbocycles. The number of benzene rings is 2. The molecule has 1 aliphatic heterocycles. The molecule has 1 unspecified atom stereocenters. The molecule has 158 valence electrons. The van der Waals surface area contributed by atoms with Crippen molar-refractivity contribution in [3.8, 4) is 0 Å². The minimum absolute atomic E-state index is 0.0782. The highest BCUT2D eigenvalue weighted by Crippen LogP contribution is 2.33. The summed E-state index contributed by atoms with van der Waals surface area (Å²) in [5, 5.41) is 2.94. The lowest BCUT2D eigenvalue weighted by Gasteiger charge is -2.16. The summed E-state index contributed by atoms with van der Waals surface area (Å²) in [4.78, 5) is 31.9. The number of carbonyl (C=O) groups is 2. The van der Waals surface area contributed by atoms with Gasteiger partial charge in [-0.05, 0) is 55.3 Å². The lowest BCUT2D eigenvalue weighted by Crippen LogP contribution is -2.35. The van der Waals surface area contributed by atoms with Crippen LogP contribution in [0.5, 0.6) is 0 Å². The Morgan fingerprint density at radius 3 is 2.67 bits per heavy atom. The van der Waals surface area contributed by atoms with Gasteiger partial charge in [0, 0.05) is 23.7 Å². The highest BCUT2D eigenvalue weighted by atomic mass is 79.9. The van der Waals surface area contributed by atoms with E-state index >= 15 is 0 Å². The van der Waals surface area contributed by atoms with Crippen LogP contribution >= 0.6 is 27.7 Å². The Bertz CT molecular complexity index is 963. The first-order valence-electron chi connectivity index (χ1n) is 9.55. The van der Waals surface area contributed by atoms with E-state index in [4.69, 9.17) is 9.73 Å². The molecular weight excluding hydrogens is 466 g/mol. The zero-order valence-corrected chi connectivity index (χ0v) is 19.5. The average Bonchev–Trinajstić information content (AvgIpc) is 2.99. The molecule has 0 aromatic heterocycles. The number of anilines is 1. The van der Waals surface area contributed by atoms with Gasteiger partial charge in [0.05, 0.1) is 18.8 Å². The summed E-state index contributed by atoms with van der Waals surface area (Å²) in [5.41, 5.74) is 3.65. The van der Waals surface area contributed by atoms with Gasteiger partial charge in [-0.2, -0.15) is 0 Å². The maximum atomic E-state index is 13.0. The highest BCUT2D eigenvalue weighted by molar-refractivity contribution is 9.10. The van der Waals surface area contributed by atoms with Gasteiger partial charge in [0.15, 0.2) is 5.17 Å². The van der Waals surface area contributed by atoms with E-state index in [2.05, 4.69) is 21.2 Å². The van der Waals surface area contributed by atoms with Crippen molar-refractivity contribution in [2.24, 2.45) is 4.99 Å². The van der Waals surface area contributed by atoms with Gasteiger partial charge in [-0.3, -0.25) is 14.5 Å². The fraction of sp³-hybridized carbons (Fsp3) is 0.318. The molecular formula is C22H24BrN3O3S. The van der Waals surface area contributed by atoms with E-state index in [9.17, 15) is 9.59 Å². The summed E-state index contributed by atoms with van der Waals surface area (Å²) in [6, 6.07) is 13.4. The fourth-order valence-corrected chi connectivity index (χ4v) is 4.41. The molecule has 6 nitrogen and oxygen atoms in total. The SMILES string of the molecule is COCCN1C(=O)C(CC(=O)Nc2ccc(Br)cc2)SC1=Nc1cc(C)ccc1C. The van der Waals surface area contributed by atoms with Gasteiger partial charge < -0.3 is 10.1 Å². The predicted molar refractivity (Wildman–Crippen MR) is 125 cm³/mol. The van der Waals surface area contributed by atoms with Gasteiger partial charge in [-0.1, -0.05) is 39.8 Å². The first-order chi connectivity index (χ1) is 14.4. The first kappa shape index (κ1) is 22.5. The van der Waals surface area contributed by atoms with E-state index in [1.54, 1.807) is 12.0 Å². The quantitative estimate of drug-likeness (QED) is 0.613. The minimum Gasteiger partial charge on any atom is -0.383 e. The van der Waals surface area contributed by atoms with Crippen LogP contribution in [0.3, 0.4) is 0 Å². The third-order valence-corrected chi connectivity index (χ3v) is 6.32. The van der Waals surface area contributed by atoms with Crippen LogP contribution in [-0.2, 0) is 14.3 Å². The molecule has 0 saturated carbocycles. The number of hydrogen-bond donors (Lipinski definition) is 1. The van der Waals surface area contributed by atoms with Crippen molar-refractivity contribution in [3.05, 3.63) is 58.1 Å². The number of carbonyl (C=O) groups excluding carboxylic acids is 2. The number of aryl methyl sites for hydroxylation is 2. The molecule has 1 heterocycles. The number of nitrogens with zero attached hydrogens (tertiary/aromatic N) is 2. The number of methoxy groups -OCH3 is 1. The summed E-state index contributed by atoms with van der Waals surface area (Å²) < 4.78 is 6.09. The number of hydrogen-bond acceptors (Lipinski definition) is 5. The van der Waals surface area contributed by atoms with Gasteiger partial charge in [-0.25, -0.2) is 4.99 Å². The van der Waals surface area contributed by atoms with Crippen molar-refractivity contribution in [3.63, 3.8) is 0 Å². The van der Waals surface area contributed by atoms with Gasteiger partial charge in [0.2, 0.25) is 11.8 Å². The van der Waals surface area contributed by atoms with Crippen molar-refractivity contribution in [2.45, 2.75) is 25.5 Å². The van der Waals surface area contributed by atoms with Gasteiger partial charge in [0.25, 0.3) is 0 Å². The summed E-state index contributed by atoms with van der Waals surface area (Å²) in [6.07, 6.45) is 0.0782. The summed E-state index contributed by atoms with van der Waals surface area (Å²) in [7, 11) is 1.60. The molecule has 0 bridgehead atoms. The minimum atomic E-state index is -0.513. The highest BCUT2D eigenvalue weighted by Gasteiger charge is 2.39. The predicted octanol–water partition coefficient (Wildman–Crippen LogP) is 4.67. The van der Waals surface area contributed by atoms with E-state index in [1.807, 2.05) is 56.3 Å². The standard InChI is InChI=1S/C22H24BrN3O3S/c1-14-4-5-15(2)18(12-14)25-22-26(10-11-29-3)21(28)19(30-22)13-20(27)24-17-8-6-16(23)7-9-17/h4-9,12,19H,10-11,13H2,1-3H3,(H,24,27). The van der Waals surface area contributed by atoms with Crippen molar-refractivity contribution >= 4 is 56.0 Å². The molecule has 1 fully saturated rings. The fourth-order valence-electron chi connectivity index (χ4n) is 2.97. The summed E-state index contributed by atoms with van der Waals surface area (Å²) in [6.45, 7) is 4.80. The average molecular weight is 490 g/mol. The van der Waals surface area contributed by atoms with Crippen LogP contribution in [-0.4, -0.2) is 47.4 Å². The Hall–Kier alpha value is -2.16. The normalized spacial score (nSPS) is 17.6. The van der Waals surface area contributed by atoms with Crippen molar-refractivity contribution in [2.75, 3.05) is 25.6 Å². The third-order valence-electron chi connectivity index (χ3n) is 4.62. The van der Waals surface area contributed by atoms with E-state index in [-0.39, 0.29) is 18.2 Å². The second kappa shape index (κ2) is 10.2. The second-order valence-corrected chi connectivity index (χ2v) is 9.12. The van der Waals surface area contributed by atoms with Gasteiger partial charge in [-0.15, -0.1) is 0 Å². The monoisotopic (exact) mass is 489 g/mol. The van der Waals surface area contributed by atoms with Crippen LogP contribution in [0.25, 0.3) is 0 Å². The zero-order chi connectivity index (χ0) is 21.7. The smallest absolute Gasteiger partial charge is 0.242 e. The summed E-state index contributed by atoms with van der Waals surface area (Å²) >= 11 is 4.70. The lowest BCUT2D eigenvalue weighted by atomic mass is 10.1. The molecule has 30 heavy (non-hydrogen) atoms. The third kappa shape index (κ3) is 5.71. The van der Waals surface area contributed by atoms with Crippen LogP contribution in [0.4, 0.5) is 11.4 Å². The Morgan fingerprint density at radius 1 is 1.23 bits per heavy atom. The summed E-state index contributed by atoms with van der Waals surface area (Å²) in [5.74, 6) is -0.324. The Balaban J connectivity index is 1.76. The number of ether oxygens (including phenoxy) is 1. The van der Waals surface area contributed by atoms with E-state index in [0.717, 1.165) is 21.3 Å². The maximum absolute atomic E-state index is 13.0. The largest absolute Gasteiger partial charge is 0.383 e.